The summed E-state index contributed by atoms with van der Waals surface area (Å²) < 4.78 is 0. The Kier molecular flexibility index (Phi) is 5.13. The summed E-state index contributed by atoms with van der Waals surface area (Å²) in [6.45, 7) is 6.55. The molecule has 1 aromatic heterocycles. The van der Waals surface area contributed by atoms with Gasteiger partial charge in [0.2, 0.25) is 0 Å². The molecular weight excluding hydrogens is 240 g/mol. The normalized spacial score (nSPS) is 17.2. The third kappa shape index (κ3) is 4.16. The molecule has 0 radical (unpaired) electrons. The molecular formula is C14H24N4O. The highest BCUT2D eigenvalue weighted by Gasteiger charge is 2.17. The van der Waals surface area contributed by atoms with Crippen LogP contribution in [-0.2, 0) is 6.61 Å². The van der Waals surface area contributed by atoms with Gasteiger partial charge in [0.25, 0.3) is 0 Å². The first-order chi connectivity index (χ1) is 9.19. The number of nitrogens with zero attached hydrogens (tertiary/aromatic N) is 4. The highest BCUT2D eigenvalue weighted by Crippen LogP contribution is 2.14. The van der Waals surface area contributed by atoms with Gasteiger partial charge in [0, 0.05) is 45.5 Å². The molecule has 0 aromatic carbocycles. The Balaban J connectivity index is 1.81. The maximum atomic E-state index is 9.01. The molecule has 0 atom stereocenters. The van der Waals surface area contributed by atoms with Gasteiger partial charge >= 0.3 is 0 Å². The molecule has 0 bridgehead atoms. The zero-order valence-electron chi connectivity index (χ0n) is 11.9. The lowest BCUT2D eigenvalue weighted by Gasteiger charge is -2.35. The van der Waals surface area contributed by atoms with Crippen LogP contribution in [0.4, 0.5) is 5.82 Å². The van der Waals surface area contributed by atoms with Gasteiger partial charge in [0.1, 0.15) is 5.82 Å². The number of pyridine rings is 1. The number of piperazine rings is 1. The van der Waals surface area contributed by atoms with E-state index >= 15 is 0 Å². The van der Waals surface area contributed by atoms with Crippen molar-refractivity contribution in [2.75, 3.05) is 58.3 Å². The van der Waals surface area contributed by atoms with E-state index in [-0.39, 0.29) is 6.61 Å². The van der Waals surface area contributed by atoms with Crippen LogP contribution < -0.4 is 4.90 Å². The van der Waals surface area contributed by atoms with E-state index in [1.165, 1.54) is 0 Å². The molecule has 1 N–H and O–H groups in total. The lowest BCUT2D eigenvalue weighted by Crippen LogP contribution is -2.48. The monoisotopic (exact) mass is 264 g/mol. The quantitative estimate of drug-likeness (QED) is 0.826. The van der Waals surface area contributed by atoms with E-state index in [4.69, 9.17) is 5.11 Å². The van der Waals surface area contributed by atoms with Crippen LogP contribution in [0.5, 0.6) is 0 Å². The zero-order chi connectivity index (χ0) is 13.7. The van der Waals surface area contributed by atoms with Crippen LogP contribution in [0.25, 0.3) is 0 Å². The van der Waals surface area contributed by atoms with Crippen molar-refractivity contribution in [3.05, 3.63) is 23.9 Å². The Labute approximate surface area is 115 Å². The van der Waals surface area contributed by atoms with Crippen molar-refractivity contribution in [2.24, 2.45) is 0 Å². The van der Waals surface area contributed by atoms with Crippen molar-refractivity contribution >= 4 is 5.82 Å². The molecule has 0 unspecified atom stereocenters. The first-order valence-corrected chi connectivity index (χ1v) is 6.87. The Morgan fingerprint density at radius 1 is 1.21 bits per heavy atom. The molecule has 106 valence electrons. The number of aliphatic hydroxyl groups excluding tert-OH is 1. The van der Waals surface area contributed by atoms with Crippen molar-refractivity contribution in [3.8, 4) is 0 Å². The standard InChI is InChI=1S/C14H24N4O/c1-16(2)5-6-17-7-9-18(10-8-17)14-4-3-13(12-19)11-15-14/h3-4,11,19H,5-10,12H2,1-2H3. The van der Waals surface area contributed by atoms with Gasteiger partial charge in [0.15, 0.2) is 0 Å². The lowest BCUT2D eigenvalue weighted by atomic mass is 10.2. The minimum Gasteiger partial charge on any atom is -0.392 e. The lowest BCUT2D eigenvalue weighted by molar-refractivity contribution is 0.229. The fourth-order valence-corrected chi connectivity index (χ4v) is 2.24. The molecule has 1 saturated heterocycles. The zero-order valence-corrected chi connectivity index (χ0v) is 11.9. The minimum atomic E-state index is 0.0611. The smallest absolute Gasteiger partial charge is 0.128 e. The molecule has 2 rings (SSSR count). The first kappa shape index (κ1) is 14.2. The number of anilines is 1. The van der Waals surface area contributed by atoms with E-state index in [2.05, 4.69) is 33.8 Å². The largest absolute Gasteiger partial charge is 0.392 e. The van der Waals surface area contributed by atoms with E-state index in [1.54, 1.807) is 6.20 Å². The number of likely N-dealkylation sites (N-methyl/N-ethyl adjacent to an activating group) is 1. The van der Waals surface area contributed by atoms with Gasteiger partial charge in [-0.1, -0.05) is 6.07 Å². The fraction of sp³-hybridized carbons (Fsp3) is 0.643. The molecule has 19 heavy (non-hydrogen) atoms. The number of hydrogen-bond acceptors (Lipinski definition) is 5. The van der Waals surface area contributed by atoms with E-state index in [9.17, 15) is 0 Å². The summed E-state index contributed by atoms with van der Waals surface area (Å²) in [7, 11) is 4.23. The average Bonchev–Trinajstić information content (AvgIpc) is 2.46. The molecule has 1 fully saturated rings. The first-order valence-electron chi connectivity index (χ1n) is 6.87. The summed E-state index contributed by atoms with van der Waals surface area (Å²) in [6, 6.07) is 3.95. The number of aromatic nitrogens is 1. The van der Waals surface area contributed by atoms with Crippen molar-refractivity contribution in [2.45, 2.75) is 6.61 Å². The van der Waals surface area contributed by atoms with Crippen LogP contribution in [0.15, 0.2) is 18.3 Å². The average molecular weight is 264 g/mol. The molecule has 5 heteroatoms. The summed E-state index contributed by atoms with van der Waals surface area (Å²) >= 11 is 0. The molecule has 0 amide bonds. The summed E-state index contributed by atoms with van der Waals surface area (Å²) in [4.78, 5) is 11.4. The molecule has 0 aliphatic carbocycles. The predicted molar refractivity (Wildman–Crippen MR) is 77.4 cm³/mol. The molecule has 1 aromatic rings. The second-order valence-electron chi connectivity index (χ2n) is 5.31. The Morgan fingerprint density at radius 3 is 2.47 bits per heavy atom. The van der Waals surface area contributed by atoms with Gasteiger partial charge in [0.05, 0.1) is 6.61 Å². The van der Waals surface area contributed by atoms with Crippen molar-refractivity contribution in [3.63, 3.8) is 0 Å². The molecule has 2 heterocycles. The summed E-state index contributed by atoms with van der Waals surface area (Å²) in [5, 5.41) is 9.01. The fourth-order valence-electron chi connectivity index (χ4n) is 2.24. The van der Waals surface area contributed by atoms with Crippen LogP contribution in [0.3, 0.4) is 0 Å². The van der Waals surface area contributed by atoms with Gasteiger partial charge in [-0.15, -0.1) is 0 Å². The Hall–Kier alpha value is -1.17. The van der Waals surface area contributed by atoms with E-state index in [0.717, 1.165) is 50.6 Å². The second kappa shape index (κ2) is 6.84. The third-order valence-corrected chi connectivity index (χ3v) is 3.55. The Bertz CT molecular complexity index is 372. The van der Waals surface area contributed by atoms with Crippen LogP contribution in [0.1, 0.15) is 5.56 Å². The van der Waals surface area contributed by atoms with Crippen molar-refractivity contribution in [1.82, 2.24) is 14.8 Å². The van der Waals surface area contributed by atoms with E-state index < -0.39 is 0 Å². The van der Waals surface area contributed by atoms with E-state index in [0.29, 0.717) is 0 Å². The summed E-state index contributed by atoms with van der Waals surface area (Å²) in [6.07, 6.45) is 1.76. The van der Waals surface area contributed by atoms with Crippen molar-refractivity contribution in [1.29, 1.82) is 0 Å². The predicted octanol–water partition coefficient (Wildman–Crippen LogP) is 0.258. The molecule has 0 spiro atoms. The molecule has 1 aliphatic rings. The van der Waals surface area contributed by atoms with Crippen LogP contribution >= 0.6 is 0 Å². The highest BCUT2D eigenvalue weighted by molar-refractivity contribution is 5.39. The van der Waals surface area contributed by atoms with Crippen molar-refractivity contribution < 1.29 is 5.11 Å². The highest BCUT2D eigenvalue weighted by atomic mass is 16.3. The topological polar surface area (TPSA) is 42.8 Å². The summed E-state index contributed by atoms with van der Waals surface area (Å²) in [5.41, 5.74) is 0.869. The Morgan fingerprint density at radius 2 is 1.95 bits per heavy atom. The minimum absolute atomic E-state index is 0.0611. The maximum absolute atomic E-state index is 9.01. The SMILES string of the molecule is CN(C)CCN1CCN(c2ccc(CO)cn2)CC1. The van der Waals surface area contributed by atoms with Gasteiger partial charge in [-0.05, 0) is 25.7 Å². The molecule has 0 saturated carbocycles. The number of hydrogen-bond donors (Lipinski definition) is 1. The number of rotatable bonds is 5. The third-order valence-electron chi connectivity index (χ3n) is 3.55. The van der Waals surface area contributed by atoms with Crippen LogP contribution in [-0.4, -0.2) is 73.3 Å². The second-order valence-corrected chi connectivity index (χ2v) is 5.31. The maximum Gasteiger partial charge on any atom is 0.128 e. The van der Waals surface area contributed by atoms with Gasteiger partial charge in [-0.2, -0.15) is 0 Å². The van der Waals surface area contributed by atoms with Gasteiger partial charge in [-0.25, -0.2) is 4.98 Å². The number of aliphatic hydroxyl groups is 1. The van der Waals surface area contributed by atoms with E-state index in [1.807, 2.05) is 12.1 Å². The molecule has 5 nitrogen and oxygen atoms in total. The van der Waals surface area contributed by atoms with Crippen LogP contribution in [0, 0.1) is 0 Å². The van der Waals surface area contributed by atoms with Crippen LogP contribution in [0.2, 0.25) is 0 Å². The van der Waals surface area contributed by atoms with Gasteiger partial charge < -0.3 is 14.9 Å². The summed E-state index contributed by atoms with van der Waals surface area (Å²) in [5.74, 6) is 1.02. The molecule has 1 aliphatic heterocycles. The van der Waals surface area contributed by atoms with Gasteiger partial charge in [-0.3, -0.25) is 4.90 Å².